The summed E-state index contributed by atoms with van der Waals surface area (Å²) in [6.07, 6.45) is 2.62. The predicted molar refractivity (Wildman–Crippen MR) is 121 cm³/mol. The Kier molecular flexibility index (Phi) is 5.71. The van der Waals surface area contributed by atoms with Gasteiger partial charge >= 0.3 is 0 Å². The molecular weight excluding hydrogens is 400 g/mol. The second-order valence-corrected chi connectivity index (χ2v) is 8.22. The molecule has 0 atom stereocenters. The number of anilines is 1. The lowest BCUT2D eigenvalue weighted by Crippen LogP contribution is -2.42. The molecule has 1 aromatic heterocycles. The third-order valence-electron chi connectivity index (χ3n) is 6.13. The molecule has 7 heteroatoms. The fourth-order valence-electron chi connectivity index (χ4n) is 4.27. The van der Waals surface area contributed by atoms with Crippen LogP contribution in [0.4, 0.5) is 5.69 Å². The molecule has 2 aliphatic heterocycles. The third-order valence-corrected chi connectivity index (χ3v) is 6.37. The Labute approximate surface area is 181 Å². The van der Waals surface area contributed by atoms with E-state index >= 15 is 0 Å². The van der Waals surface area contributed by atoms with E-state index in [9.17, 15) is 9.59 Å². The Morgan fingerprint density at radius 3 is 2.73 bits per heavy atom. The van der Waals surface area contributed by atoms with Gasteiger partial charge in [0.2, 0.25) is 0 Å². The van der Waals surface area contributed by atoms with Crippen LogP contribution in [0, 0.1) is 6.92 Å². The van der Waals surface area contributed by atoms with Gasteiger partial charge in [-0.1, -0.05) is 25.4 Å². The van der Waals surface area contributed by atoms with E-state index in [1.165, 1.54) is 0 Å². The van der Waals surface area contributed by atoms with Crippen molar-refractivity contribution in [3.05, 3.63) is 51.3 Å². The first-order chi connectivity index (χ1) is 14.4. The average molecular weight is 427 g/mol. The summed E-state index contributed by atoms with van der Waals surface area (Å²) in [6.45, 7) is 10.5. The highest BCUT2D eigenvalue weighted by atomic mass is 35.5. The predicted octanol–water partition coefficient (Wildman–Crippen LogP) is 3.81. The smallest absolute Gasteiger partial charge is 0.256 e. The maximum absolute atomic E-state index is 13.2. The Hall–Kier alpha value is -2.57. The Bertz CT molecular complexity index is 1040. The monoisotopic (exact) mass is 426 g/mol. The van der Waals surface area contributed by atoms with Gasteiger partial charge in [0, 0.05) is 53.7 Å². The standard InChI is InChI=1S/C23H27ClN4O2/c1-4-27(5-2)10-11-28-9-8-19-21(23(28)30)14(3)20(25-19)13-17-16-12-15(24)6-7-18(16)26-22(17)29/h6-7,12-13,25H,4-5,8-11H2,1-3H3,(H,26,29)/b17-13+. The number of nitrogens with zero attached hydrogens (tertiary/aromatic N) is 2. The first-order valence-corrected chi connectivity index (χ1v) is 10.9. The topological polar surface area (TPSA) is 68.4 Å². The zero-order chi connectivity index (χ0) is 21.4. The van der Waals surface area contributed by atoms with Gasteiger partial charge in [0.1, 0.15) is 0 Å². The summed E-state index contributed by atoms with van der Waals surface area (Å²) in [5, 5.41) is 3.45. The number of hydrogen-bond donors (Lipinski definition) is 2. The van der Waals surface area contributed by atoms with Gasteiger partial charge < -0.3 is 20.1 Å². The summed E-state index contributed by atoms with van der Waals surface area (Å²) in [5.74, 6) is -0.0902. The van der Waals surface area contributed by atoms with Crippen molar-refractivity contribution in [3.8, 4) is 0 Å². The van der Waals surface area contributed by atoms with Crippen molar-refractivity contribution >= 4 is 40.8 Å². The number of amides is 2. The summed E-state index contributed by atoms with van der Waals surface area (Å²) < 4.78 is 0. The molecule has 4 rings (SSSR count). The quantitative estimate of drug-likeness (QED) is 0.690. The van der Waals surface area contributed by atoms with Crippen LogP contribution in [0.15, 0.2) is 18.2 Å². The van der Waals surface area contributed by atoms with Crippen molar-refractivity contribution in [1.29, 1.82) is 0 Å². The van der Waals surface area contributed by atoms with Gasteiger partial charge in [-0.3, -0.25) is 9.59 Å². The van der Waals surface area contributed by atoms with E-state index in [-0.39, 0.29) is 11.8 Å². The molecule has 0 bridgehead atoms. The molecule has 0 saturated heterocycles. The molecule has 158 valence electrons. The number of hydrogen-bond acceptors (Lipinski definition) is 3. The lowest BCUT2D eigenvalue weighted by molar-refractivity contribution is -0.110. The molecule has 0 radical (unpaired) electrons. The summed E-state index contributed by atoms with van der Waals surface area (Å²) in [5.41, 5.74) is 5.48. The van der Waals surface area contributed by atoms with Crippen LogP contribution in [0.3, 0.4) is 0 Å². The van der Waals surface area contributed by atoms with Crippen molar-refractivity contribution in [1.82, 2.24) is 14.8 Å². The fraction of sp³-hybridized carbons (Fsp3) is 0.391. The summed E-state index contributed by atoms with van der Waals surface area (Å²) in [7, 11) is 0. The second-order valence-electron chi connectivity index (χ2n) is 7.79. The molecule has 2 amide bonds. The molecule has 0 unspecified atom stereocenters. The number of halogens is 1. The van der Waals surface area contributed by atoms with Crippen molar-refractivity contribution in [2.45, 2.75) is 27.2 Å². The van der Waals surface area contributed by atoms with Gasteiger partial charge in [-0.05, 0) is 49.9 Å². The summed E-state index contributed by atoms with van der Waals surface area (Å²) in [6, 6.07) is 5.35. The van der Waals surface area contributed by atoms with Crippen LogP contribution < -0.4 is 5.32 Å². The molecule has 0 saturated carbocycles. The number of carbonyl (C=O) groups excluding carboxylic acids is 2. The molecule has 6 nitrogen and oxygen atoms in total. The van der Waals surface area contributed by atoms with Gasteiger partial charge in [0.25, 0.3) is 11.8 Å². The van der Waals surface area contributed by atoms with Crippen molar-refractivity contribution in [2.24, 2.45) is 0 Å². The number of carbonyl (C=O) groups is 2. The maximum atomic E-state index is 13.2. The van der Waals surface area contributed by atoms with E-state index in [0.29, 0.717) is 17.1 Å². The number of benzene rings is 1. The SMILES string of the molecule is CCN(CC)CCN1CCc2[nH]c(/C=C3/C(=O)Nc4ccc(Cl)cc43)c(C)c2C1=O. The third kappa shape index (κ3) is 3.66. The summed E-state index contributed by atoms with van der Waals surface area (Å²) in [4.78, 5) is 33.3. The molecule has 0 spiro atoms. The number of aromatic nitrogens is 1. The zero-order valence-corrected chi connectivity index (χ0v) is 18.4. The van der Waals surface area contributed by atoms with Gasteiger partial charge in [-0.2, -0.15) is 0 Å². The highest BCUT2D eigenvalue weighted by molar-refractivity contribution is 6.36. The van der Waals surface area contributed by atoms with Crippen LogP contribution in [-0.4, -0.2) is 59.3 Å². The zero-order valence-electron chi connectivity index (χ0n) is 17.6. The molecule has 0 fully saturated rings. The van der Waals surface area contributed by atoms with Gasteiger partial charge in [-0.15, -0.1) is 0 Å². The van der Waals surface area contributed by atoms with Crippen LogP contribution >= 0.6 is 11.6 Å². The summed E-state index contributed by atoms with van der Waals surface area (Å²) >= 11 is 6.13. The lowest BCUT2D eigenvalue weighted by Gasteiger charge is -2.29. The molecule has 2 N–H and O–H groups in total. The second kappa shape index (κ2) is 8.28. The normalized spacial score (nSPS) is 17.0. The average Bonchev–Trinajstić information content (AvgIpc) is 3.21. The van der Waals surface area contributed by atoms with E-state index in [1.54, 1.807) is 18.2 Å². The van der Waals surface area contributed by atoms with Crippen LogP contribution in [0.5, 0.6) is 0 Å². The maximum Gasteiger partial charge on any atom is 0.256 e. The number of rotatable bonds is 6. The minimum Gasteiger partial charge on any atom is -0.358 e. The molecular formula is C23H27ClN4O2. The number of fused-ring (bicyclic) bond motifs is 2. The van der Waals surface area contributed by atoms with E-state index in [2.05, 4.69) is 29.0 Å². The van der Waals surface area contributed by atoms with Gasteiger partial charge in [0.15, 0.2) is 0 Å². The van der Waals surface area contributed by atoms with Crippen LogP contribution in [-0.2, 0) is 11.2 Å². The van der Waals surface area contributed by atoms with E-state index in [4.69, 9.17) is 11.6 Å². The fourth-order valence-corrected chi connectivity index (χ4v) is 4.44. The van der Waals surface area contributed by atoms with E-state index in [1.807, 2.05) is 17.9 Å². The van der Waals surface area contributed by atoms with Crippen molar-refractivity contribution < 1.29 is 9.59 Å². The number of aromatic amines is 1. The first kappa shape index (κ1) is 20.7. The van der Waals surface area contributed by atoms with Crippen LogP contribution in [0.2, 0.25) is 5.02 Å². The molecule has 3 heterocycles. The number of nitrogens with one attached hydrogen (secondary N) is 2. The van der Waals surface area contributed by atoms with Gasteiger partial charge in [-0.25, -0.2) is 0 Å². The molecule has 2 aromatic rings. The van der Waals surface area contributed by atoms with Crippen LogP contribution in [0.1, 0.15) is 46.7 Å². The number of H-pyrrole nitrogens is 1. The number of likely N-dealkylation sites (N-methyl/N-ethyl adjacent to an activating group) is 1. The molecule has 2 aliphatic rings. The van der Waals surface area contributed by atoms with Crippen molar-refractivity contribution in [3.63, 3.8) is 0 Å². The van der Waals surface area contributed by atoms with E-state index < -0.39 is 0 Å². The minimum absolute atomic E-state index is 0.0705. The Balaban J connectivity index is 1.62. The Morgan fingerprint density at radius 2 is 2.00 bits per heavy atom. The highest BCUT2D eigenvalue weighted by Crippen LogP contribution is 2.36. The van der Waals surface area contributed by atoms with E-state index in [0.717, 1.165) is 66.4 Å². The van der Waals surface area contributed by atoms with Crippen LogP contribution in [0.25, 0.3) is 11.6 Å². The van der Waals surface area contributed by atoms with Gasteiger partial charge in [0.05, 0.1) is 11.1 Å². The molecule has 1 aromatic carbocycles. The highest BCUT2D eigenvalue weighted by Gasteiger charge is 2.30. The minimum atomic E-state index is -0.161. The van der Waals surface area contributed by atoms with Crippen molar-refractivity contribution in [2.75, 3.05) is 38.0 Å². The largest absolute Gasteiger partial charge is 0.358 e. The Morgan fingerprint density at radius 1 is 1.23 bits per heavy atom. The molecule has 30 heavy (non-hydrogen) atoms. The first-order valence-electron chi connectivity index (χ1n) is 10.5. The molecule has 0 aliphatic carbocycles. The lowest BCUT2D eigenvalue weighted by atomic mass is 10.0.